The Morgan fingerprint density at radius 3 is 2.79 bits per heavy atom. The number of aryl methyl sites for hydroxylation is 2. The summed E-state index contributed by atoms with van der Waals surface area (Å²) in [7, 11) is 0. The fraction of sp³-hybridized carbons (Fsp3) is 0.240. The number of amides is 1. The third-order valence-corrected chi connectivity index (χ3v) is 6.66. The van der Waals surface area contributed by atoms with Crippen LogP contribution < -0.4 is 20.3 Å². The topological polar surface area (TPSA) is 82.5 Å². The van der Waals surface area contributed by atoms with Crippen LogP contribution in [-0.2, 0) is 11.3 Å². The lowest BCUT2D eigenvalue weighted by molar-refractivity contribution is -0.121. The molecule has 0 bridgehead atoms. The summed E-state index contributed by atoms with van der Waals surface area (Å²) in [6.07, 6.45) is 1.70. The molecule has 2 aromatic heterocycles. The van der Waals surface area contributed by atoms with Crippen LogP contribution in [0.25, 0.3) is 21.3 Å². The number of nitrogens with one attached hydrogen (secondary N) is 1. The minimum absolute atomic E-state index is 0.131. The number of thiophene rings is 1. The molecule has 4 aromatic rings. The van der Waals surface area contributed by atoms with E-state index >= 15 is 0 Å². The Labute approximate surface area is 194 Å². The molecule has 0 saturated heterocycles. The van der Waals surface area contributed by atoms with Crippen molar-refractivity contribution in [1.29, 1.82) is 0 Å². The maximum atomic E-state index is 13.2. The van der Waals surface area contributed by atoms with E-state index in [1.54, 1.807) is 0 Å². The molecule has 2 aromatic carbocycles. The Hall–Kier alpha value is -3.65. The van der Waals surface area contributed by atoms with Crippen molar-refractivity contribution in [3.05, 3.63) is 75.7 Å². The molecule has 8 heteroatoms. The van der Waals surface area contributed by atoms with Gasteiger partial charge < -0.3 is 14.8 Å². The largest absolute Gasteiger partial charge is 0.454 e. The van der Waals surface area contributed by atoms with Gasteiger partial charge in [0.15, 0.2) is 11.5 Å². The molecule has 0 unspecified atom stereocenters. The third-order valence-electron chi connectivity index (χ3n) is 5.78. The van der Waals surface area contributed by atoms with E-state index in [-0.39, 0.29) is 37.3 Å². The summed E-state index contributed by atoms with van der Waals surface area (Å²) in [5.41, 5.74) is 3.82. The van der Waals surface area contributed by atoms with Gasteiger partial charge in [-0.2, -0.15) is 0 Å². The second kappa shape index (κ2) is 8.71. The Morgan fingerprint density at radius 2 is 1.97 bits per heavy atom. The fourth-order valence-corrected chi connectivity index (χ4v) is 4.78. The second-order valence-electron chi connectivity index (χ2n) is 8.09. The van der Waals surface area contributed by atoms with Gasteiger partial charge in [-0.15, -0.1) is 11.3 Å². The van der Waals surface area contributed by atoms with Crippen LogP contribution in [0.5, 0.6) is 11.5 Å². The first kappa shape index (κ1) is 21.2. The van der Waals surface area contributed by atoms with E-state index in [0.717, 1.165) is 22.3 Å². The van der Waals surface area contributed by atoms with Gasteiger partial charge in [0.25, 0.3) is 5.56 Å². The van der Waals surface area contributed by atoms with Crippen LogP contribution in [0.2, 0.25) is 0 Å². The zero-order chi connectivity index (χ0) is 22.9. The molecule has 0 spiro atoms. The fourth-order valence-electron chi connectivity index (χ4n) is 3.87. The molecule has 168 valence electrons. The SMILES string of the molecule is Cc1ccc(-c2csc3ncn(CCC(=O)N[C@H](C)c4ccc5c(c4)OCO5)c(=O)c23)cc1. The summed E-state index contributed by atoms with van der Waals surface area (Å²) in [6.45, 7) is 4.41. The predicted molar refractivity (Wildman–Crippen MR) is 128 cm³/mol. The molecule has 33 heavy (non-hydrogen) atoms. The molecule has 1 aliphatic rings. The first-order chi connectivity index (χ1) is 16.0. The molecule has 5 rings (SSSR count). The number of benzene rings is 2. The van der Waals surface area contributed by atoms with Crippen LogP contribution in [0, 0.1) is 6.92 Å². The third kappa shape index (κ3) is 4.21. The minimum Gasteiger partial charge on any atom is -0.454 e. The van der Waals surface area contributed by atoms with Crippen molar-refractivity contribution < 1.29 is 14.3 Å². The maximum Gasteiger partial charge on any atom is 0.262 e. The van der Waals surface area contributed by atoms with Gasteiger partial charge in [-0.05, 0) is 37.1 Å². The molecular weight excluding hydrogens is 438 g/mol. The van der Waals surface area contributed by atoms with Crippen LogP contribution >= 0.6 is 11.3 Å². The highest BCUT2D eigenvalue weighted by atomic mass is 32.1. The lowest BCUT2D eigenvalue weighted by Crippen LogP contribution is -2.29. The zero-order valence-corrected chi connectivity index (χ0v) is 19.1. The Bertz CT molecular complexity index is 1390. The van der Waals surface area contributed by atoms with Crippen molar-refractivity contribution in [2.75, 3.05) is 6.79 Å². The van der Waals surface area contributed by atoms with Crippen molar-refractivity contribution in [3.63, 3.8) is 0 Å². The van der Waals surface area contributed by atoms with Gasteiger partial charge in [0.1, 0.15) is 4.83 Å². The second-order valence-corrected chi connectivity index (χ2v) is 8.95. The van der Waals surface area contributed by atoms with Crippen molar-refractivity contribution in [2.45, 2.75) is 32.9 Å². The lowest BCUT2D eigenvalue weighted by Gasteiger charge is -2.15. The van der Waals surface area contributed by atoms with Gasteiger partial charge in [0.05, 0.1) is 17.8 Å². The van der Waals surface area contributed by atoms with Gasteiger partial charge in [-0.25, -0.2) is 4.98 Å². The quantitative estimate of drug-likeness (QED) is 0.459. The monoisotopic (exact) mass is 461 g/mol. The number of fused-ring (bicyclic) bond motifs is 2. The maximum absolute atomic E-state index is 13.2. The Balaban J connectivity index is 1.29. The van der Waals surface area contributed by atoms with E-state index in [1.165, 1.54) is 22.2 Å². The van der Waals surface area contributed by atoms with Crippen molar-refractivity contribution in [1.82, 2.24) is 14.9 Å². The average Bonchev–Trinajstić information content (AvgIpc) is 3.46. The zero-order valence-electron chi connectivity index (χ0n) is 18.3. The normalized spacial score (nSPS) is 13.3. The van der Waals surface area contributed by atoms with E-state index in [4.69, 9.17) is 9.47 Å². The predicted octanol–water partition coefficient (Wildman–Crippen LogP) is 4.43. The molecule has 1 N–H and O–H groups in total. The molecule has 3 heterocycles. The van der Waals surface area contributed by atoms with E-state index in [2.05, 4.69) is 10.3 Å². The summed E-state index contributed by atoms with van der Waals surface area (Å²) < 4.78 is 12.3. The Morgan fingerprint density at radius 1 is 1.18 bits per heavy atom. The van der Waals surface area contributed by atoms with Crippen LogP contribution in [0.15, 0.2) is 59.0 Å². The first-order valence-corrected chi connectivity index (χ1v) is 11.6. The number of rotatable bonds is 6. The summed E-state index contributed by atoms with van der Waals surface area (Å²) in [5.74, 6) is 1.24. The highest BCUT2D eigenvalue weighted by Gasteiger charge is 2.18. The average molecular weight is 462 g/mol. The first-order valence-electron chi connectivity index (χ1n) is 10.7. The van der Waals surface area contributed by atoms with Crippen LogP contribution in [-0.4, -0.2) is 22.3 Å². The van der Waals surface area contributed by atoms with Crippen molar-refractivity contribution in [3.8, 4) is 22.6 Å². The number of ether oxygens (including phenoxy) is 2. The van der Waals surface area contributed by atoms with Gasteiger partial charge in [0, 0.05) is 23.9 Å². The molecular formula is C25H23N3O4S. The number of nitrogens with zero attached hydrogens (tertiary/aromatic N) is 2. The molecule has 0 fully saturated rings. The van der Waals surface area contributed by atoms with Crippen LogP contribution in [0.3, 0.4) is 0 Å². The van der Waals surface area contributed by atoms with Crippen LogP contribution in [0.1, 0.15) is 30.5 Å². The minimum atomic E-state index is -0.200. The summed E-state index contributed by atoms with van der Waals surface area (Å²) in [4.78, 5) is 30.9. The lowest BCUT2D eigenvalue weighted by atomic mass is 10.1. The molecule has 0 radical (unpaired) electrons. The van der Waals surface area contributed by atoms with E-state index < -0.39 is 0 Å². The number of hydrogen-bond acceptors (Lipinski definition) is 6. The number of aromatic nitrogens is 2. The summed E-state index contributed by atoms with van der Waals surface area (Å²) in [6, 6.07) is 13.5. The van der Waals surface area contributed by atoms with Crippen LogP contribution in [0.4, 0.5) is 0 Å². The van der Waals surface area contributed by atoms with Gasteiger partial charge in [-0.1, -0.05) is 35.9 Å². The number of carbonyl (C=O) groups is 1. The molecule has 1 amide bonds. The molecule has 0 saturated carbocycles. The van der Waals surface area contributed by atoms with Gasteiger partial charge in [0.2, 0.25) is 12.7 Å². The summed E-state index contributed by atoms with van der Waals surface area (Å²) >= 11 is 1.45. The Kier molecular flexibility index (Phi) is 5.60. The van der Waals surface area contributed by atoms with Crippen molar-refractivity contribution >= 4 is 27.5 Å². The standard InChI is InChI=1S/C25H23N3O4S/c1-15-3-5-17(6-4-15)19-12-33-24-23(19)25(30)28(13-26-24)10-9-22(29)27-16(2)18-7-8-20-21(11-18)32-14-31-20/h3-8,11-13,16H,9-10,14H2,1-2H3,(H,27,29)/t16-/m1/s1. The van der Waals surface area contributed by atoms with E-state index in [9.17, 15) is 9.59 Å². The molecule has 1 aliphatic heterocycles. The molecule has 0 aliphatic carbocycles. The molecule has 1 atom stereocenters. The number of hydrogen-bond donors (Lipinski definition) is 1. The smallest absolute Gasteiger partial charge is 0.262 e. The number of carbonyl (C=O) groups excluding carboxylic acids is 1. The summed E-state index contributed by atoms with van der Waals surface area (Å²) in [5, 5.41) is 5.55. The van der Waals surface area contributed by atoms with Gasteiger partial charge in [-0.3, -0.25) is 14.2 Å². The highest BCUT2D eigenvalue weighted by molar-refractivity contribution is 7.17. The van der Waals surface area contributed by atoms with Gasteiger partial charge >= 0.3 is 0 Å². The molecule has 7 nitrogen and oxygen atoms in total. The highest BCUT2D eigenvalue weighted by Crippen LogP contribution is 2.34. The van der Waals surface area contributed by atoms with E-state index in [0.29, 0.717) is 21.7 Å². The van der Waals surface area contributed by atoms with E-state index in [1.807, 2.05) is 61.7 Å². The van der Waals surface area contributed by atoms with Crippen molar-refractivity contribution in [2.24, 2.45) is 0 Å².